The first kappa shape index (κ1) is 24.6. The molecule has 1 aliphatic heterocycles. The summed E-state index contributed by atoms with van der Waals surface area (Å²) in [5.74, 6) is 0.257. The summed E-state index contributed by atoms with van der Waals surface area (Å²) in [6.07, 6.45) is 2.69. The van der Waals surface area contributed by atoms with Crippen molar-refractivity contribution in [1.29, 1.82) is 0 Å². The molecule has 4 N–H and O–H groups in total. The number of carbonyl (C=O) groups excluding carboxylic acids is 1. The van der Waals surface area contributed by atoms with Crippen LogP contribution in [-0.2, 0) is 10.3 Å². The number of halogens is 2. The minimum absolute atomic E-state index is 0.370. The van der Waals surface area contributed by atoms with E-state index in [1.165, 1.54) is 6.33 Å². The molecule has 4 aromatic rings. The van der Waals surface area contributed by atoms with Crippen molar-refractivity contribution in [2.45, 2.75) is 37.8 Å². The Morgan fingerprint density at radius 2 is 1.78 bits per heavy atom. The Hall–Kier alpha value is -3.04. The molecule has 0 spiro atoms. The fraction of sp³-hybridized carbons (Fsp3) is 0.308. The molecule has 0 saturated carbocycles. The molecule has 0 aliphatic carbocycles. The van der Waals surface area contributed by atoms with Crippen molar-refractivity contribution in [3.05, 3.63) is 70.6 Å². The second-order valence-electron chi connectivity index (χ2n) is 9.57. The van der Waals surface area contributed by atoms with E-state index < -0.39 is 11.1 Å². The van der Waals surface area contributed by atoms with Crippen LogP contribution in [0.2, 0.25) is 10.0 Å². The van der Waals surface area contributed by atoms with Crippen LogP contribution < -0.4 is 16.4 Å². The lowest BCUT2D eigenvalue weighted by Crippen LogP contribution is -2.64. The molecule has 0 radical (unpaired) electrons. The molecule has 0 atom stereocenters. The van der Waals surface area contributed by atoms with Crippen LogP contribution in [0.1, 0.15) is 32.4 Å². The highest BCUT2D eigenvalue weighted by Gasteiger charge is 2.43. The number of hydrogen-bond acceptors (Lipinski definition) is 6. The molecule has 1 saturated heterocycles. The van der Waals surface area contributed by atoms with Crippen molar-refractivity contribution in [1.82, 2.24) is 30.2 Å². The molecule has 5 rings (SSSR count). The highest BCUT2D eigenvalue weighted by Crippen LogP contribution is 2.36. The number of primary amides is 1. The topological polar surface area (TPSA) is 111 Å². The fourth-order valence-corrected chi connectivity index (χ4v) is 5.30. The van der Waals surface area contributed by atoms with Crippen LogP contribution in [0.4, 0.5) is 0 Å². The smallest absolute Gasteiger partial charge is 0.237 e. The average molecular weight is 524 g/mol. The molecule has 8 nitrogen and oxygen atoms in total. The van der Waals surface area contributed by atoms with Crippen molar-refractivity contribution in [3.8, 4) is 17.1 Å². The molecule has 186 valence electrons. The molecule has 2 aromatic carbocycles. The number of rotatable bonds is 6. The number of nitrogens with zero attached hydrogens (tertiary/aromatic N) is 4. The second kappa shape index (κ2) is 9.44. The van der Waals surface area contributed by atoms with Crippen LogP contribution in [0.25, 0.3) is 28.2 Å². The monoisotopic (exact) mass is 523 g/mol. The molecule has 0 bridgehead atoms. The summed E-state index contributed by atoms with van der Waals surface area (Å²) in [6.45, 7) is 5.37. The van der Waals surface area contributed by atoms with E-state index in [9.17, 15) is 4.79 Å². The maximum atomic E-state index is 12.6. The van der Waals surface area contributed by atoms with Gasteiger partial charge in [0.1, 0.15) is 23.2 Å². The van der Waals surface area contributed by atoms with Crippen LogP contribution in [0, 0.1) is 0 Å². The van der Waals surface area contributed by atoms with Gasteiger partial charge in [0.2, 0.25) is 5.91 Å². The Bertz CT molecular complexity index is 1430. The van der Waals surface area contributed by atoms with Gasteiger partial charge in [-0.3, -0.25) is 14.7 Å². The second-order valence-corrected chi connectivity index (χ2v) is 10.4. The first-order chi connectivity index (χ1) is 17.2. The van der Waals surface area contributed by atoms with Gasteiger partial charge in [0.15, 0.2) is 5.65 Å². The van der Waals surface area contributed by atoms with E-state index >= 15 is 0 Å². The summed E-state index contributed by atoms with van der Waals surface area (Å²) in [5.41, 5.74) is 7.78. The summed E-state index contributed by atoms with van der Waals surface area (Å²) >= 11 is 12.8. The normalized spacial score (nSPS) is 15.8. The third kappa shape index (κ3) is 4.35. The van der Waals surface area contributed by atoms with E-state index in [0.717, 1.165) is 11.3 Å². The van der Waals surface area contributed by atoms with Gasteiger partial charge in [-0.1, -0.05) is 35.3 Å². The van der Waals surface area contributed by atoms with E-state index in [0.29, 0.717) is 58.7 Å². The molecule has 10 heteroatoms. The summed E-state index contributed by atoms with van der Waals surface area (Å²) in [6, 6.07) is 15.0. The summed E-state index contributed by atoms with van der Waals surface area (Å²) in [5, 5.41) is 8.03. The van der Waals surface area contributed by atoms with Crippen molar-refractivity contribution in [2.24, 2.45) is 5.73 Å². The van der Waals surface area contributed by atoms with Crippen molar-refractivity contribution in [3.63, 3.8) is 0 Å². The van der Waals surface area contributed by atoms with Gasteiger partial charge in [-0.25, -0.2) is 15.0 Å². The average Bonchev–Trinajstić information content (AvgIpc) is 3.24. The van der Waals surface area contributed by atoms with Gasteiger partial charge in [0.05, 0.1) is 16.3 Å². The van der Waals surface area contributed by atoms with Crippen LogP contribution in [0.3, 0.4) is 0 Å². The molecular formula is C26H27Cl2N7O. The van der Waals surface area contributed by atoms with Crippen LogP contribution in [0.15, 0.2) is 54.9 Å². The number of fused-ring (bicyclic) bond motifs is 1. The summed E-state index contributed by atoms with van der Waals surface area (Å²) in [4.78, 5) is 26.9. The SMILES string of the molecule is CC(C)(NC1(C(N)=O)CCNCC1)c1ncnc2c1nc(-c1ccccc1Cl)n2-c1ccc(Cl)cc1. The number of hydrogen-bond donors (Lipinski definition) is 3. The molecular weight excluding hydrogens is 497 g/mol. The number of imidazole rings is 1. The number of piperidine rings is 1. The zero-order valence-corrected chi connectivity index (χ0v) is 21.6. The van der Waals surface area contributed by atoms with Gasteiger partial charge < -0.3 is 11.1 Å². The number of benzene rings is 2. The number of carbonyl (C=O) groups is 1. The number of nitrogens with two attached hydrogens (primary N) is 1. The van der Waals surface area contributed by atoms with Crippen LogP contribution >= 0.6 is 23.2 Å². The van der Waals surface area contributed by atoms with E-state index in [1.807, 2.05) is 66.9 Å². The zero-order valence-electron chi connectivity index (χ0n) is 20.1. The Balaban J connectivity index is 1.72. The summed E-state index contributed by atoms with van der Waals surface area (Å²) in [7, 11) is 0. The minimum Gasteiger partial charge on any atom is -0.368 e. The first-order valence-corrected chi connectivity index (χ1v) is 12.5. The Morgan fingerprint density at radius 3 is 2.44 bits per heavy atom. The fourth-order valence-electron chi connectivity index (χ4n) is 4.95. The highest BCUT2D eigenvalue weighted by molar-refractivity contribution is 6.33. The van der Waals surface area contributed by atoms with Crippen LogP contribution in [0.5, 0.6) is 0 Å². The number of amides is 1. The predicted molar refractivity (Wildman–Crippen MR) is 142 cm³/mol. The quantitative estimate of drug-likeness (QED) is 0.348. The van der Waals surface area contributed by atoms with Crippen molar-refractivity contribution < 1.29 is 4.79 Å². The van der Waals surface area contributed by atoms with E-state index in [-0.39, 0.29) is 5.91 Å². The lowest BCUT2D eigenvalue weighted by atomic mass is 9.83. The van der Waals surface area contributed by atoms with Gasteiger partial charge in [-0.2, -0.15) is 0 Å². The van der Waals surface area contributed by atoms with Gasteiger partial charge in [0, 0.05) is 16.3 Å². The maximum absolute atomic E-state index is 12.6. The Morgan fingerprint density at radius 1 is 1.08 bits per heavy atom. The predicted octanol–water partition coefficient (Wildman–Crippen LogP) is 4.22. The number of aromatic nitrogens is 4. The molecule has 1 amide bonds. The lowest BCUT2D eigenvalue weighted by Gasteiger charge is -2.42. The standard InChI is InChI=1S/C26H27Cl2N7O/c1-25(2,34-26(24(29)36)11-13-30-14-12-26)21-20-23(32-15-31-21)35(17-9-7-16(27)8-10-17)22(33-20)18-5-3-4-6-19(18)28/h3-10,15,30,34H,11-14H2,1-2H3,(H2,29,36). The lowest BCUT2D eigenvalue weighted by molar-refractivity contribution is -0.126. The van der Waals surface area contributed by atoms with E-state index in [2.05, 4.69) is 20.6 Å². The summed E-state index contributed by atoms with van der Waals surface area (Å²) < 4.78 is 1.95. The highest BCUT2D eigenvalue weighted by atomic mass is 35.5. The Labute approximate surface area is 219 Å². The maximum Gasteiger partial charge on any atom is 0.237 e. The van der Waals surface area contributed by atoms with Gasteiger partial charge in [-0.15, -0.1) is 0 Å². The molecule has 1 fully saturated rings. The molecule has 0 unspecified atom stereocenters. The van der Waals surface area contributed by atoms with Gasteiger partial charge in [-0.05, 0) is 76.2 Å². The molecule has 36 heavy (non-hydrogen) atoms. The third-order valence-electron chi connectivity index (χ3n) is 6.72. The van der Waals surface area contributed by atoms with Crippen LogP contribution in [-0.4, -0.2) is 44.1 Å². The minimum atomic E-state index is -0.851. The van der Waals surface area contributed by atoms with E-state index in [4.69, 9.17) is 33.9 Å². The molecule has 2 aromatic heterocycles. The Kier molecular flexibility index (Phi) is 6.46. The van der Waals surface area contributed by atoms with Gasteiger partial charge in [0.25, 0.3) is 0 Å². The first-order valence-electron chi connectivity index (χ1n) is 11.8. The molecule has 3 heterocycles. The van der Waals surface area contributed by atoms with Gasteiger partial charge >= 0.3 is 0 Å². The number of nitrogens with one attached hydrogen (secondary N) is 2. The van der Waals surface area contributed by atoms with Crippen molar-refractivity contribution in [2.75, 3.05) is 13.1 Å². The van der Waals surface area contributed by atoms with E-state index in [1.54, 1.807) is 0 Å². The largest absolute Gasteiger partial charge is 0.368 e. The third-order valence-corrected chi connectivity index (χ3v) is 7.30. The molecule has 1 aliphatic rings. The zero-order chi connectivity index (χ0) is 25.5. The van der Waals surface area contributed by atoms with Crippen molar-refractivity contribution >= 4 is 40.3 Å².